The first kappa shape index (κ1) is 21.5. The molecule has 0 spiro atoms. The van der Waals surface area contributed by atoms with Crippen LogP contribution < -0.4 is 14.8 Å². The predicted octanol–water partition coefficient (Wildman–Crippen LogP) is 5.53. The number of aromatic amines is 1. The van der Waals surface area contributed by atoms with Gasteiger partial charge < -0.3 is 19.8 Å². The van der Waals surface area contributed by atoms with Gasteiger partial charge in [0.1, 0.15) is 11.5 Å². The molecule has 3 aromatic carbocycles. The molecule has 1 aromatic heterocycles. The second-order valence-electron chi connectivity index (χ2n) is 7.67. The third kappa shape index (κ3) is 4.62. The van der Waals surface area contributed by atoms with Crippen LogP contribution in [0.15, 0.2) is 79.0 Å². The van der Waals surface area contributed by atoms with E-state index in [1.807, 2.05) is 55.6 Å². The number of aromatic nitrogens is 1. The number of carbonyl (C=O) groups excluding carboxylic acids is 1. The van der Waals surface area contributed by atoms with Crippen LogP contribution >= 0.6 is 0 Å². The maximum absolute atomic E-state index is 13.1. The van der Waals surface area contributed by atoms with E-state index in [1.165, 1.54) is 0 Å². The fourth-order valence-electron chi connectivity index (χ4n) is 3.91. The molecule has 4 aromatic rings. The van der Waals surface area contributed by atoms with Gasteiger partial charge in [-0.15, -0.1) is 0 Å². The lowest BCUT2D eigenvalue weighted by atomic mass is 9.90. The minimum Gasteiger partial charge on any atom is -0.497 e. The van der Waals surface area contributed by atoms with Crippen molar-refractivity contribution < 1.29 is 14.3 Å². The minimum atomic E-state index is -0.143. The summed E-state index contributed by atoms with van der Waals surface area (Å²) in [5, 5.41) is 4.28. The number of rotatable bonds is 9. The van der Waals surface area contributed by atoms with Crippen molar-refractivity contribution in [2.45, 2.75) is 19.3 Å². The summed E-state index contributed by atoms with van der Waals surface area (Å²) < 4.78 is 11.1. The van der Waals surface area contributed by atoms with Crippen LogP contribution in [-0.4, -0.2) is 31.2 Å². The minimum absolute atomic E-state index is 0.0234. The molecule has 32 heavy (non-hydrogen) atoms. The van der Waals surface area contributed by atoms with E-state index in [2.05, 4.69) is 34.6 Å². The summed E-state index contributed by atoms with van der Waals surface area (Å²) in [5.74, 6) is 1.25. The van der Waals surface area contributed by atoms with Crippen molar-refractivity contribution in [1.82, 2.24) is 10.3 Å². The van der Waals surface area contributed by atoms with Gasteiger partial charge in [-0.1, -0.05) is 49.4 Å². The van der Waals surface area contributed by atoms with Gasteiger partial charge in [0.05, 0.1) is 19.3 Å². The van der Waals surface area contributed by atoms with E-state index in [9.17, 15) is 4.79 Å². The predicted molar refractivity (Wildman–Crippen MR) is 128 cm³/mol. The van der Waals surface area contributed by atoms with Crippen molar-refractivity contribution in [3.63, 3.8) is 0 Å². The van der Waals surface area contributed by atoms with Crippen LogP contribution in [-0.2, 0) is 0 Å². The van der Waals surface area contributed by atoms with Gasteiger partial charge >= 0.3 is 0 Å². The Morgan fingerprint density at radius 1 is 1.00 bits per heavy atom. The highest BCUT2D eigenvalue weighted by Crippen LogP contribution is 2.31. The number of benzene rings is 3. The van der Waals surface area contributed by atoms with E-state index in [4.69, 9.17) is 9.47 Å². The quantitative estimate of drug-likeness (QED) is 0.369. The van der Waals surface area contributed by atoms with Gasteiger partial charge in [0.25, 0.3) is 5.91 Å². The van der Waals surface area contributed by atoms with E-state index in [1.54, 1.807) is 13.2 Å². The number of para-hydroxylation sites is 2. The number of hydrogen-bond donors (Lipinski definition) is 2. The van der Waals surface area contributed by atoms with E-state index < -0.39 is 0 Å². The summed E-state index contributed by atoms with van der Waals surface area (Å²) in [5.41, 5.74) is 3.87. The molecule has 4 rings (SSSR count). The lowest BCUT2D eigenvalue weighted by molar-refractivity contribution is 0.0948. The number of carbonyl (C=O) groups is 1. The Morgan fingerprint density at radius 3 is 2.53 bits per heavy atom. The van der Waals surface area contributed by atoms with Crippen molar-refractivity contribution >= 4 is 16.8 Å². The second-order valence-corrected chi connectivity index (χ2v) is 7.67. The van der Waals surface area contributed by atoms with Gasteiger partial charge in [0.15, 0.2) is 0 Å². The summed E-state index contributed by atoms with van der Waals surface area (Å²) in [6.45, 7) is 3.08. The van der Waals surface area contributed by atoms with Gasteiger partial charge in [-0.25, -0.2) is 0 Å². The molecule has 0 saturated carbocycles. The van der Waals surface area contributed by atoms with Gasteiger partial charge in [-0.3, -0.25) is 4.79 Å². The van der Waals surface area contributed by atoms with Crippen LogP contribution in [0.25, 0.3) is 10.9 Å². The number of H-pyrrole nitrogens is 1. The number of methoxy groups -OCH3 is 1. The number of ether oxygens (including phenoxy) is 2. The van der Waals surface area contributed by atoms with Crippen LogP contribution in [0, 0.1) is 0 Å². The number of nitrogens with one attached hydrogen (secondary N) is 2. The molecule has 1 atom stereocenters. The van der Waals surface area contributed by atoms with Crippen molar-refractivity contribution in [3.8, 4) is 11.5 Å². The first-order valence-corrected chi connectivity index (χ1v) is 10.9. The number of amides is 1. The average Bonchev–Trinajstić information content (AvgIpc) is 3.27. The van der Waals surface area contributed by atoms with Gasteiger partial charge in [-0.2, -0.15) is 0 Å². The SMILES string of the molecule is CCCOc1ccccc1C(=O)NC[C@H](c1ccc(OC)cc1)c1c[nH]c2ccccc12. The Morgan fingerprint density at radius 2 is 1.75 bits per heavy atom. The van der Waals surface area contributed by atoms with Gasteiger partial charge in [-0.05, 0) is 47.9 Å². The third-order valence-electron chi connectivity index (χ3n) is 5.57. The van der Waals surface area contributed by atoms with Gasteiger partial charge in [0.2, 0.25) is 0 Å². The third-order valence-corrected chi connectivity index (χ3v) is 5.57. The Hall–Kier alpha value is -3.73. The molecule has 5 heteroatoms. The molecule has 0 fully saturated rings. The fourth-order valence-corrected chi connectivity index (χ4v) is 3.91. The molecule has 2 N–H and O–H groups in total. The highest BCUT2D eigenvalue weighted by atomic mass is 16.5. The molecule has 0 aliphatic rings. The Bertz CT molecular complexity index is 1180. The Labute approximate surface area is 188 Å². The topological polar surface area (TPSA) is 63.4 Å². The van der Waals surface area contributed by atoms with E-state index >= 15 is 0 Å². The normalized spacial score (nSPS) is 11.8. The molecule has 0 radical (unpaired) electrons. The fraction of sp³-hybridized carbons (Fsp3) is 0.222. The van der Waals surface area contributed by atoms with Crippen molar-refractivity contribution in [1.29, 1.82) is 0 Å². The molecule has 5 nitrogen and oxygen atoms in total. The van der Waals surface area contributed by atoms with Crippen LogP contribution in [0.2, 0.25) is 0 Å². The van der Waals surface area contributed by atoms with E-state index in [0.717, 1.165) is 34.2 Å². The zero-order valence-corrected chi connectivity index (χ0v) is 18.4. The molecule has 164 valence electrons. The maximum atomic E-state index is 13.1. The Balaban J connectivity index is 1.62. The average molecular weight is 429 g/mol. The zero-order chi connectivity index (χ0) is 22.3. The summed E-state index contributed by atoms with van der Waals surface area (Å²) in [4.78, 5) is 16.4. The van der Waals surface area contributed by atoms with Crippen LogP contribution in [0.3, 0.4) is 0 Å². The largest absolute Gasteiger partial charge is 0.497 e. The molecular weight excluding hydrogens is 400 g/mol. The van der Waals surface area contributed by atoms with Gasteiger partial charge in [0, 0.05) is 29.6 Å². The molecule has 0 bridgehead atoms. The van der Waals surface area contributed by atoms with Crippen LogP contribution in [0.5, 0.6) is 11.5 Å². The molecular formula is C27H28N2O3. The summed E-state index contributed by atoms with van der Waals surface area (Å²) in [6.07, 6.45) is 2.92. The maximum Gasteiger partial charge on any atom is 0.255 e. The molecule has 0 saturated heterocycles. The lowest BCUT2D eigenvalue weighted by Crippen LogP contribution is -2.29. The zero-order valence-electron chi connectivity index (χ0n) is 18.4. The summed E-state index contributed by atoms with van der Waals surface area (Å²) >= 11 is 0. The number of hydrogen-bond acceptors (Lipinski definition) is 3. The smallest absolute Gasteiger partial charge is 0.255 e. The monoisotopic (exact) mass is 428 g/mol. The summed E-state index contributed by atoms with van der Waals surface area (Å²) in [7, 11) is 1.66. The molecule has 1 amide bonds. The molecule has 1 heterocycles. The first-order chi connectivity index (χ1) is 15.7. The van der Waals surface area contributed by atoms with E-state index in [0.29, 0.717) is 24.5 Å². The standard InChI is InChI=1S/C27H28N2O3/c1-3-16-32-26-11-7-5-9-22(26)27(30)29-17-23(19-12-14-20(31-2)15-13-19)24-18-28-25-10-6-4-8-21(24)25/h4-15,18,23,28H,3,16-17H2,1-2H3,(H,29,30)/t23-/m1/s1. The molecule has 0 unspecified atom stereocenters. The first-order valence-electron chi connectivity index (χ1n) is 10.9. The number of fused-ring (bicyclic) bond motifs is 1. The Kier molecular flexibility index (Phi) is 6.75. The van der Waals surface area contributed by atoms with Crippen molar-refractivity contribution in [2.75, 3.05) is 20.3 Å². The second kappa shape index (κ2) is 10.1. The highest BCUT2D eigenvalue weighted by Gasteiger charge is 2.20. The molecule has 0 aliphatic heterocycles. The van der Waals surface area contributed by atoms with Crippen molar-refractivity contribution in [2.24, 2.45) is 0 Å². The van der Waals surface area contributed by atoms with Crippen LogP contribution in [0.1, 0.15) is 40.7 Å². The van der Waals surface area contributed by atoms with Crippen LogP contribution in [0.4, 0.5) is 0 Å². The van der Waals surface area contributed by atoms with E-state index in [-0.39, 0.29) is 11.8 Å². The molecule has 0 aliphatic carbocycles. The van der Waals surface area contributed by atoms with Crippen molar-refractivity contribution in [3.05, 3.63) is 95.7 Å². The lowest BCUT2D eigenvalue weighted by Gasteiger charge is -2.19. The highest BCUT2D eigenvalue weighted by molar-refractivity contribution is 5.97. The summed E-state index contributed by atoms with van der Waals surface area (Å²) in [6, 6.07) is 23.6.